The van der Waals surface area contributed by atoms with Gasteiger partial charge in [-0.2, -0.15) is 0 Å². The minimum absolute atomic E-state index is 0.453. The van der Waals surface area contributed by atoms with Gasteiger partial charge in [-0.05, 0) is 65.1 Å². The molecule has 2 aliphatic rings. The lowest BCUT2D eigenvalue weighted by Crippen LogP contribution is -2.37. The summed E-state index contributed by atoms with van der Waals surface area (Å²) in [6.45, 7) is 0. The maximum absolute atomic E-state index is 10.7. The Kier molecular flexibility index (Phi) is 2.55. The molecule has 2 fully saturated rings. The zero-order valence-corrected chi connectivity index (χ0v) is 10.8. The van der Waals surface area contributed by atoms with Crippen LogP contribution in [0.1, 0.15) is 31.2 Å². The van der Waals surface area contributed by atoms with Gasteiger partial charge in [-0.25, -0.2) is 0 Å². The van der Waals surface area contributed by atoms with Crippen LogP contribution in [0.25, 0.3) is 0 Å². The highest BCUT2D eigenvalue weighted by Crippen LogP contribution is 2.51. The molecule has 3 atom stereocenters. The topological polar surface area (TPSA) is 33.1 Å². The standard InChI is InChI=1S/C13H16BrNO/c14-12-4-10(7-15-8-12)6-13(16)5-9-1-2-11(13)3-9/h4,7-9,11,16H,1-3,5-6H2. The maximum atomic E-state index is 10.7. The van der Waals surface area contributed by atoms with Crippen LogP contribution in [0.15, 0.2) is 22.9 Å². The van der Waals surface area contributed by atoms with Gasteiger partial charge in [0.05, 0.1) is 5.60 Å². The number of aromatic nitrogens is 1. The molecule has 0 saturated heterocycles. The first-order chi connectivity index (χ1) is 7.66. The Balaban J connectivity index is 1.79. The Hall–Kier alpha value is -0.410. The first-order valence-corrected chi connectivity index (χ1v) is 6.77. The van der Waals surface area contributed by atoms with Crippen molar-refractivity contribution >= 4 is 15.9 Å². The minimum atomic E-state index is -0.453. The summed E-state index contributed by atoms with van der Waals surface area (Å²) >= 11 is 3.43. The van der Waals surface area contributed by atoms with Gasteiger partial charge < -0.3 is 5.11 Å². The van der Waals surface area contributed by atoms with E-state index in [2.05, 4.69) is 27.0 Å². The third kappa shape index (κ3) is 1.80. The molecule has 2 aliphatic carbocycles. The summed E-state index contributed by atoms with van der Waals surface area (Å²) in [5.74, 6) is 1.30. The molecular formula is C13H16BrNO. The van der Waals surface area contributed by atoms with Gasteiger partial charge in [0, 0.05) is 23.3 Å². The van der Waals surface area contributed by atoms with E-state index >= 15 is 0 Å². The van der Waals surface area contributed by atoms with Gasteiger partial charge >= 0.3 is 0 Å². The zero-order valence-electron chi connectivity index (χ0n) is 9.19. The second-order valence-corrected chi connectivity index (χ2v) is 6.29. The van der Waals surface area contributed by atoms with E-state index in [-0.39, 0.29) is 0 Å². The van der Waals surface area contributed by atoms with Crippen LogP contribution in [0.2, 0.25) is 0 Å². The van der Waals surface area contributed by atoms with Crippen molar-refractivity contribution in [2.24, 2.45) is 11.8 Å². The lowest BCUT2D eigenvalue weighted by atomic mass is 9.80. The Labute approximate surface area is 104 Å². The summed E-state index contributed by atoms with van der Waals surface area (Å²) in [7, 11) is 0. The Morgan fingerprint density at radius 3 is 2.94 bits per heavy atom. The molecule has 2 saturated carbocycles. The summed E-state index contributed by atoms with van der Waals surface area (Å²) in [6, 6.07) is 2.07. The van der Waals surface area contributed by atoms with Crippen LogP contribution in [-0.2, 0) is 6.42 Å². The molecule has 3 heteroatoms. The van der Waals surface area contributed by atoms with Crippen molar-refractivity contribution in [1.82, 2.24) is 4.98 Å². The number of aliphatic hydroxyl groups is 1. The van der Waals surface area contributed by atoms with Gasteiger partial charge in [-0.15, -0.1) is 0 Å². The monoisotopic (exact) mass is 281 g/mol. The minimum Gasteiger partial charge on any atom is -0.389 e. The Morgan fingerprint density at radius 1 is 1.44 bits per heavy atom. The SMILES string of the molecule is OC1(Cc2cncc(Br)c2)CC2CCC1C2. The largest absolute Gasteiger partial charge is 0.389 e. The number of pyridine rings is 1. The van der Waals surface area contributed by atoms with Gasteiger partial charge in [-0.1, -0.05) is 0 Å². The van der Waals surface area contributed by atoms with Crippen molar-refractivity contribution in [3.05, 3.63) is 28.5 Å². The Bertz CT molecular complexity index is 409. The molecule has 0 aliphatic heterocycles. The van der Waals surface area contributed by atoms with E-state index < -0.39 is 5.60 Å². The van der Waals surface area contributed by atoms with Gasteiger partial charge in [0.2, 0.25) is 0 Å². The number of halogens is 1. The molecule has 1 aromatic rings. The van der Waals surface area contributed by atoms with Gasteiger partial charge in [0.1, 0.15) is 0 Å². The van der Waals surface area contributed by atoms with Crippen LogP contribution < -0.4 is 0 Å². The summed E-state index contributed by atoms with van der Waals surface area (Å²) in [5.41, 5.74) is 0.690. The van der Waals surface area contributed by atoms with E-state index in [1.807, 2.05) is 6.20 Å². The molecule has 3 rings (SSSR count). The predicted octanol–water partition coefficient (Wildman–Crippen LogP) is 2.94. The van der Waals surface area contributed by atoms with E-state index in [0.717, 1.165) is 28.8 Å². The average molecular weight is 282 g/mol. The second kappa shape index (κ2) is 3.81. The van der Waals surface area contributed by atoms with E-state index in [0.29, 0.717) is 5.92 Å². The molecule has 3 unspecified atom stereocenters. The molecule has 2 bridgehead atoms. The van der Waals surface area contributed by atoms with Crippen LogP contribution in [0.5, 0.6) is 0 Å². The number of fused-ring (bicyclic) bond motifs is 2. The highest BCUT2D eigenvalue weighted by Gasteiger charge is 2.49. The number of hydrogen-bond acceptors (Lipinski definition) is 2. The summed E-state index contributed by atoms with van der Waals surface area (Å²) in [4.78, 5) is 4.16. The molecular weight excluding hydrogens is 266 g/mol. The van der Waals surface area contributed by atoms with Crippen molar-refractivity contribution < 1.29 is 5.11 Å². The van der Waals surface area contributed by atoms with Crippen LogP contribution in [-0.4, -0.2) is 15.7 Å². The van der Waals surface area contributed by atoms with Crippen molar-refractivity contribution in [2.75, 3.05) is 0 Å². The van der Waals surface area contributed by atoms with Gasteiger partial charge in [0.25, 0.3) is 0 Å². The fourth-order valence-electron chi connectivity index (χ4n) is 3.54. The predicted molar refractivity (Wildman–Crippen MR) is 66.0 cm³/mol. The molecule has 0 radical (unpaired) electrons. The zero-order chi connectivity index (χ0) is 11.2. The highest BCUT2D eigenvalue weighted by atomic mass is 79.9. The fourth-order valence-corrected chi connectivity index (χ4v) is 3.95. The lowest BCUT2D eigenvalue weighted by molar-refractivity contribution is -0.0125. The normalized spacial score (nSPS) is 36.9. The van der Waals surface area contributed by atoms with Crippen LogP contribution in [0.3, 0.4) is 0 Å². The van der Waals surface area contributed by atoms with E-state index in [1.54, 1.807) is 6.20 Å². The summed E-state index contributed by atoms with van der Waals surface area (Å²) in [5, 5.41) is 10.7. The summed E-state index contributed by atoms with van der Waals surface area (Å²) < 4.78 is 0.997. The van der Waals surface area contributed by atoms with Crippen molar-refractivity contribution in [2.45, 2.75) is 37.7 Å². The molecule has 0 aromatic carbocycles. The summed E-state index contributed by atoms with van der Waals surface area (Å²) in [6.07, 6.45) is 9.18. The number of hydrogen-bond donors (Lipinski definition) is 1. The third-order valence-corrected chi connectivity index (χ3v) is 4.65. The molecule has 2 nitrogen and oxygen atoms in total. The van der Waals surface area contributed by atoms with E-state index in [9.17, 15) is 5.11 Å². The Morgan fingerprint density at radius 2 is 2.31 bits per heavy atom. The molecule has 1 heterocycles. The molecule has 1 aromatic heterocycles. The molecule has 1 N–H and O–H groups in total. The number of rotatable bonds is 2. The highest BCUT2D eigenvalue weighted by molar-refractivity contribution is 9.10. The average Bonchev–Trinajstić information content (AvgIpc) is 2.76. The van der Waals surface area contributed by atoms with Gasteiger partial charge in [-0.3, -0.25) is 4.98 Å². The van der Waals surface area contributed by atoms with Crippen molar-refractivity contribution in [3.63, 3.8) is 0 Å². The molecule has 16 heavy (non-hydrogen) atoms. The molecule has 0 spiro atoms. The quantitative estimate of drug-likeness (QED) is 0.904. The smallest absolute Gasteiger partial charge is 0.0719 e. The van der Waals surface area contributed by atoms with Crippen LogP contribution in [0, 0.1) is 11.8 Å². The van der Waals surface area contributed by atoms with Crippen LogP contribution >= 0.6 is 15.9 Å². The number of nitrogens with zero attached hydrogens (tertiary/aromatic N) is 1. The molecule has 0 amide bonds. The van der Waals surface area contributed by atoms with Crippen LogP contribution in [0.4, 0.5) is 0 Å². The van der Waals surface area contributed by atoms with Gasteiger partial charge in [0.15, 0.2) is 0 Å². The first-order valence-electron chi connectivity index (χ1n) is 5.97. The maximum Gasteiger partial charge on any atom is 0.0719 e. The van der Waals surface area contributed by atoms with E-state index in [1.165, 1.54) is 19.3 Å². The third-order valence-electron chi connectivity index (χ3n) is 4.22. The van der Waals surface area contributed by atoms with Crippen molar-refractivity contribution in [3.8, 4) is 0 Å². The van der Waals surface area contributed by atoms with E-state index in [4.69, 9.17) is 0 Å². The lowest BCUT2D eigenvalue weighted by Gasteiger charge is -2.32. The fraction of sp³-hybridized carbons (Fsp3) is 0.615. The second-order valence-electron chi connectivity index (χ2n) is 5.37. The van der Waals surface area contributed by atoms with Crippen molar-refractivity contribution in [1.29, 1.82) is 0 Å². The molecule has 86 valence electrons. The first kappa shape index (κ1) is 10.7.